The summed E-state index contributed by atoms with van der Waals surface area (Å²) in [6, 6.07) is 0. The Labute approximate surface area is 78.9 Å². The highest BCUT2D eigenvalue weighted by molar-refractivity contribution is 5.65. The summed E-state index contributed by atoms with van der Waals surface area (Å²) < 4.78 is 0. The Kier molecular flexibility index (Phi) is 3.14. The van der Waals surface area contributed by atoms with E-state index < -0.39 is 6.09 Å². The molecule has 0 radical (unpaired) electrons. The summed E-state index contributed by atoms with van der Waals surface area (Å²) in [4.78, 5) is 12.3. The molecule has 4 nitrogen and oxygen atoms in total. The summed E-state index contributed by atoms with van der Waals surface area (Å²) in [7, 11) is 1.68. The van der Waals surface area contributed by atoms with E-state index >= 15 is 0 Å². The Bertz CT molecular complexity index is 188. The van der Waals surface area contributed by atoms with Gasteiger partial charge in [0, 0.05) is 12.6 Å². The van der Waals surface area contributed by atoms with E-state index in [0.29, 0.717) is 0 Å². The SMILES string of the molecule is CCC1(N(C)C(=O)O)CCNCC1. The summed E-state index contributed by atoms with van der Waals surface area (Å²) in [6.07, 6.45) is 1.93. The maximum absolute atomic E-state index is 10.9. The molecule has 76 valence electrons. The number of hydrogen-bond donors (Lipinski definition) is 2. The molecule has 1 aliphatic rings. The first-order valence-corrected chi connectivity index (χ1v) is 4.80. The Morgan fingerprint density at radius 2 is 2.08 bits per heavy atom. The van der Waals surface area contributed by atoms with Crippen molar-refractivity contribution in [2.24, 2.45) is 0 Å². The predicted octanol–water partition coefficient (Wildman–Crippen LogP) is 1.13. The molecule has 0 aromatic heterocycles. The zero-order chi connectivity index (χ0) is 9.90. The van der Waals surface area contributed by atoms with Gasteiger partial charge in [0.1, 0.15) is 0 Å². The average Bonchev–Trinajstić information content (AvgIpc) is 2.17. The fraction of sp³-hybridized carbons (Fsp3) is 0.889. The fourth-order valence-corrected chi connectivity index (χ4v) is 2.02. The highest BCUT2D eigenvalue weighted by atomic mass is 16.4. The lowest BCUT2D eigenvalue weighted by molar-refractivity contribution is 0.0692. The standard InChI is InChI=1S/C9H18N2O2/c1-3-9(11(2)8(12)13)4-6-10-7-5-9/h10H,3-7H2,1-2H3,(H,12,13). The van der Waals surface area contributed by atoms with E-state index in [4.69, 9.17) is 5.11 Å². The maximum atomic E-state index is 10.9. The smallest absolute Gasteiger partial charge is 0.407 e. The lowest BCUT2D eigenvalue weighted by Crippen LogP contribution is -2.54. The van der Waals surface area contributed by atoms with Gasteiger partial charge >= 0.3 is 6.09 Å². The first-order chi connectivity index (χ1) is 6.12. The molecule has 1 saturated heterocycles. The van der Waals surface area contributed by atoms with Crippen LogP contribution >= 0.6 is 0 Å². The van der Waals surface area contributed by atoms with Crippen LogP contribution in [0.4, 0.5) is 4.79 Å². The van der Waals surface area contributed by atoms with Gasteiger partial charge in [0.05, 0.1) is 0 Å². The second kappa shape index (κ2) is 3.96. The van der Waals surface area contributed by atoms with Crippen molar-refractivity contribution in [3.8, 4) is 0 Å². The minimum Gasteiger partial charge on any atom is -0.465 e. The lowest BCUT2D eigenvalue weighted by Gasteiger charge is -2.42. The molecule has 0 aromatic rings. The maximum Gasteiger partial charge on any atom is 0.407 e. The largest absolute Gasteiger partial charge is 0.465 e. The summed E-state index contributed by atoms with van der Waals surface area (Å²) in [5.41, 5.74) is -0.128. The molecule has 1 fully saturated rings. The minimum atomic E-state index is -0.816. The van der Waals surface area contributed by atoms with Crippen LogP contribution in [-0.4, -0.2) is 41.8 Å². The van der Waals surface area contributed by atoms with Gasteiger partial charge in [-0.2, -0.15) is 0 Å². The summed E-state index contributed by atoms with van der Waals surface area (Å²) >= 11 is 0. The molecule has 4 heteroatoms. The Hall–Kier alpha value is -0.770. The second-order valence-electron chi connectivity index (χ2n) is 3.67. The molecule has 0 aliphatic carbocycles. The number of hydrogen-bond acceptors (Lipinski definition) is 2. The molecule has 1 heterocycles. The highest BCUT2D eigenvalue weighted by Gasteiger charge is 2.36. The second-order valence-corrected chi connectivity index (χ2v) is 3.67. The molecule has 0 unspecified atom stereocenters. The zero-order valence-corrected chi connectivity index (χ0v) is 8.34. The predicted molar refractivity (Wildman–Crippen MR) is 50.9 cm³/mol. The van der Waals surface area contributed by atoms with Gasteiger partial charge in [-0.25, -0.2) is 4.79 Å². The van der Waals surface area contributed by atoms with Crippen LogP contribution in [0.5, 0.6) is 0 Å². The molecule has 1 rings (SSSR count). The Balaban J connectivity index is 2.72. The van der Waals surface area contributed by atoms with Crippen LogP contribution in [0, 0.1) is 0 Å². The molecule has 0 bridgehead atoms. The first kappa shape index (κ1) is 10.3. The van der Waals surface area contributed by atoms with E-state index in [1.807, 2.05) is 0 Å². The third-order valence-electron chi connectivity index (χ3n) is 3.19. The summed E-state index contributed by atoms with van der Waals surface area (Å²) in [6.45, 7) is 3.90. The van der Waals surface area contributed by atoms with Crippen molar-refractivity contribution in [1.29, 1.82) is 0 Å². The van der Waals surface area contributed by atoms with E-state index in [2.05, 4.69) is 12.2 Å². The number of piperidine rings is 1. The van der Waals surface area contributed by atoms with E-state index in [-0.39, 0.29) is 5.54 Å². The topological polar surface area (TPSA) is 52.6 Å². The van der Waals surface area contributed by atoms with Crippen molar-refractivity contribution >= 4 is 6.09 Å². The van der Waals surface area contributed by atoms with E-state index in [0.717, 1.165) is 32.4 Å². The van der Waals surface area contributed by atoms with Gasteiger partial charge in [0.15, 0.2) is 0 Å². The minimum absolute atomic E-state index is 0.128. The summed E-state index contributed by atoms with van der Waals surface area (Å²) in [5, 5.41) is 12.2. The Morgan fingerprint density at radius 3 is 2.46 bits per heavy atom. The number of rotatable bonds is 2. The van der Waals surface area contributed by atoms with Gasteiger partial charge < -0.3 is 15.3 Å². The molecule has 0 spiro atoms. The molecule has 0 saturated carbocycles. The van der Waals surface area contributed by atoms with Gasteiger partial charge in [-0.15, -0.1) is 0 Å². The van der Waals surface area contributed by atoms with Crippen molar-refractivity contribution in [2.75, 3.05) is 20.1 Å². The molecule has 2 N–H and O–H groups in total. The molecule has 1 aliphatic heterocycles. The van der Waals surface area contributed by atoms with Crippen molar-refractivity contribution in [3.05, 3.63) is 0 Å². The molecule has 0 aromatic carbocycles. The summed E-state index contributed by atoms with van der Waals surface area (Å²) in [5.74, 6) is 0. The fourth-order valence-electron chi connectivity index (χ4n) is 2.02. The number of nitrogens with one attached hydrogen (secondary N) is 1. The van der Waals surface area contributed by atoms with Crippen molar-refractivity contribution in [3.63, 3.8) is 0 Å². The molecule has 1 amide bonds. The van der Waals surface area contributed by atoms with Crippen molar-refractivity contribution in [1.82, 2.24) is 10.2 Å². The van der Waals surface area contributed by atoms with Crippen molar-refractivity contribution in [2.45, 2.75) is 31.7 Å². The van der Waals surface area contributed by atoms with E-state index in [1.54, 1.807) is 7.05 Å². The first-order valence-electron chi connectivity index (χ1n) is 4.80. The highest BCUT2D eigenvalue weighted by Crippen LogP contribution is 2.28. The quantitative estimate of drug-likeness (QED) is 0.679. The normalized spacial score (nSPS) is 21.1. The van der Waals surface area contributed by atoms with Gasteiger partial charge in [-0.3, -0.25) is 0 Å². The Morgan fingerprint density at radius 1 is 1.54 bits per heavy atom. The zero-order valence-electron chi connectivity index (χ0n) is 8.34. The van der Waals surface area contributed by atoms with Gasteiger partial charge in [-0.05, 0) is 32.4 Å². The number of nitrogens with zero attached hydrogens (tertiary/aromatic N) is 1. The lowest BCUT2D eigenvalue weighted by atomic mass is 9.84. The van der Waals surface area contributed by atoms with E-state index in [9.17, 15) is 4.79 Å². The van der Waals surface area contributed by atoms with Crippen LogP contribution in [0.15, 0.2) is 0 Å². The van der Waals surface area contributed by atoms with Gasteiger partial charge in [0.25, 0.3) is 0 Å². The van der Waals surface area contributed by atoms with Gasteiger partial charge in [0.2, 0.25) is 0 Å². The van der Waals surface area contributed by atoms with E-state index in [1.165, 1.54) is 4.90 Å². The number of amides is 1. The average molecular weight is 186 g/mol. The van der Waals surface area contributed by atoms with Gasteiger partial charge in [-0.1, -0.05) is 6.92 Å². The van der Waals surface area contributed by atoms with Crippen LogP contribution in [0.2, 0.25) is 0 Å². The molecular formula is C9H18N2O2. The van der Waals surface area contributed by atoms with Crippen LogP contribution in [0.1, 0.15) is 26.2 Å². The molecule has 13 heavy (non-hydrogen) atoms. The molecule has 0 atom stereocenters. The number of carbonyl (C=O) groups is 1. The third-order valence-corrected chi connectivity index (χ3v) is 3.19. The molecular weight excluding hydrogens is 168 g/mol. The van der Waals surface area contributed by atoms with Crippen LogP contribution in [0.25, 0.3) is 0 Å². The number of carboxylic acid groups (broad SMARTS) is 1. The third kappa shape index (κ3) is 1.94. The van der Waals surface area contributed by atoms with Crippen molar-refractivity contribution < 1.29 is 9.90 Å². The van der Waals surface area contributed by atoms with Crippen LogP contribution in [-0.2, 0) is 0 Å². The van der Waals surface area contributed by atoms with Crippen LogP contribution in [0.3, 0.4) is 0 Å². The van der Waals surface area contributed by atoms with Crippen LogP contribution < -0.4 is 5.32 Å². The monoisotopic (exact) mass is 186 g/mol.